The first-order valence-electron chi connectivity index (χ1n) is 11.1. The summed E-state index contributed by atoms with van der Waals surface area (Å²) in [6, 6.07) is 13.0. The van der Waals surface area contributed by atoms with E-state index in [0.29, 0.717) is 0 Å². The Bertz CT molecular complexity index is 821. The van der Waals surface area contributed by atoms with Crippen LogP contribution in [-0.4, -0.2) is 0 Å². The first-order valence-corrected chi connectivity index (χ1v) is 11.1. The Balaban J connectivity index is -0.000000391. The lowest BCUT2D eigenvalue weighted by molar-refractivity contribution is -0.699. The number of halogens is 3. The van der Waals surface area contributed by atoms with Crippen LogP contribution in [0.25, 0.3) is 0 Å². The fourth-order valence-electron chi connectivity index (χ4n) is 3.42. The predicted octanol–water partition coefficient (Wildman–Crippen LogP) is -4.16. The third kappa shape index (κ3) is 13.9. The number of hydrogen-bond acceptors (Lipinski definition) is 0. The van der Waals surface area contributed by atoms with Crippen molar-refractivity contribution in [1.82, 2.24) is 0 Å². The number of rotatable bonds is 3. The van der Waals surface area contributed by atoms with E-state index in [9.17, 15) is 0 Å². The molecule has 3 nitrogen and oxygen atoms in total. The second-order valence-electron chi connectivity index (χ2n) is 7.89. The number of aryl methyl sites for hydroxylation is 9. The van der Waals surface area contributed by atoms with Crippen molar-refractivity contribution in [3.63, 3.8) is 0 Å². The molecule has 0 fully saturated rings. The summed E-state index contributed by atoms with van der Waals surface area (Å²) in [4.78, 5) is 0. The molecular formula is C27H42I3N3. The molecule has 3 rings (SSSR count). The maximum Gasteiger partial charge on any atom is 0.178 e. The van der Waals surface area contributed by atoms with Gasteiger partial charge in [0.05, 0.1) is 0 Å². The molecule has 6 heteroatoms. The van der Waals surface area contributed by atoms with Crippen molar-refractivity contribution in [2.45, 2.75) is 81.9 Å². The van der Waals surface area contributed by atoms with Crippen LogP contribution in [0.4, 0.5) is 0 Å². The molecule has 0 aliphatic heterocycles. The Hall–Kier alpha value is -0.360. The van der Waals surface area contributed by atoms with Crippen LogP contribution in [0.3, 0.4) is 0 Å². The molecule has 0 radical (unpaired) electrons. The summed E-state index contributed by atoms with van der Waals surface area (Å²) in [5, 5.41) is 0. The summed E-state index contributed by atoms with van der Waals surface area (Å²) < 4.78 is 6.69. The summed E-state index contributed by atoms with van der Waals surface area (Å²) in [6.07, 6.45) is 6.39. The van der Waals surface area contributed by atoms with Crippen LogP contribution in [0.2, 0.25) is 0 Å². The van der Waals surface area contributed by atoms with E-state index in [0.717, 1.165) is 19.6 Å². The van der Waals surface area contributed by atoms with Crippen LogP contribution in [0.15, 0.2) is 55.0 Å². The van der Waals surface area contributed by atoms with E-state index >= 15 is 0 Å². The molecular weight excluding hydrogens is 747 g/mol. The first-order chi connectivity index (χ1) is 14.2. The fraction of sp³-hybridized carbons (Fsp3) is 0.444. The van der Waals surface area contributed by atoms with Gasteiger partial charge >= 0.3 is 0 Å². The molecule has 0 saturated carbocycles. The third-order valence-corrected chi connectivity index (χ3v) is 5.24. The highest BCUT2D eigenvalue weighted by Gasteiger charge is 2.02. The van der Waals surface area contributed by atoms with Gasteiger partial charge in [0, 0.05) is 57.2 Å². The van der Waals surface area contributed by atoms with Gasteiger partial charge in [-0.3, -0.25) is 0 Å². The van der Waals surface area contributed by atoms with Crippen molar-refractivity contribution in [3.05, 3.63) is 88.8 Å². The Labute approximate surface area is 254 Å². The zero-order valence-electron chi connectivity index (χ0n) is 21.8. The maximum absolute atomic E-state index is 2.23. The van der Waals surface area contributed by atoms with Gasteiger partial charge in [0.25, 0.3) is 0 Å². The van der Waals surface area contributed by atoms with Crippen LogP contribution in [0.1, 0.15) is 54.5 Å². The van der Waals surface area contributed by atoms with E-state index in [4.69, 9.17) is 0 Å². The molecule has 0 bridgehead atoms. The summed E-state index contributed by atoms with van der Waals surface area (Å²) in [7, 11) is 0. The van der Waals surface area contributed by atoms with Gasteiger partial charge in [-0.2, -0.15) is 0 Å². The minimum absolute atomic E-state index is 0. The van der Waals surface area contributed by atoms with Crippen LogP contribution in [0.5, 0.6) is 0 Å². The van der Waals surface area contributed by atoms with Crippen molar-refractivity contribution in [3.8, 4) is 0 Å². The van der Waals surface area contributed by atoms with Crippen molar-refractivity contribution in [2.24, 2.45) is 0 Å². The fourth-order valence-corrected chi connectivity index (χ4v) is 3.42. The van der Waals surface area contributed by atoms with Crippen molar-refractivity contribution in [2.75, 3.05) is 0 Å². The molecule has 3 aromatic rings. The van der Waals surface area contributed by atoms with Crippen LogP contribution >= 0.6 is 0 Å². The van der Waals surface area contributed by atoms with Gasteiger partial charge in [0.15, 0.2) is 35.7 Å². The predicted molar refractivity (Wildman–Crippen MR) is 125 cm³/mol. The Morgan fingerprint density at radius 1 is 0.455 bits per heavy atom. The molecule has 0 atom stereocenters. The molecule has 3 heterocycles. The van der Waals surface area contributed by atoms with Gasteiger partial charge in [-0.05, 0) is 58.2 Å². The molecule has 186 valence electrons. The lowest BCUT2D eigenvalue weighted by Crippen LogP contribution is -3.00. The molecule has 0 aliphatic rings. The molecule has 0 spiro atoms. The van der Waals surface area contributed by atoms with E-state index in [1.165, 1.54) is 33.8 Å². The normalized spacial score (nSPS) is 9.00. The number of aromatic nitrogens is 3. The number of hydrogen-bond donors (Lipinski definition) is 0. The number of nitrogens with zero attached hydrogens (tertiary/aromatic N) is 3. The largest absolute Gasteiger partial charge is 1.00 e. The molecule has 0 aliphatic carbocycles. The SMILES string of the molecule is CC[n+]1ccc(C)cc1C.CC[n+]1ccc(C)cc1C.CC[n+]1ccc(C)cc1C.[I-].[I-].[I-]. The lowest BCUT2D eigenvalue weighted by atomic mass is 10.2. The van der Waals surface area contributed by atoms with Crippen molar-refractivity contribution in [1.29, 1.82) is 0 Å². The first kappa shape index (κ1) is 37.2. The van der Waals surface area contributed by atoms with Gasteiger partial charge in [-0.15, -0.1) is 0 Å². The highest BCUT2D eigenvalue weighted by atomic mass is 127. The van der Waals surface area contributed by atoms with E-state index < -0.39 is 0 Å². The summed E-state index contributed by atoms with van der Waals surface area (Å²) in [6.45, 7) is 22.4. The standard InChI is InChI=1S/3C9H14N.3HI/c3*1-4-10-6-5-8(2)7-9(10)3;;;/h3*5-7H,4H2,1-3H3;3*1H/q3*+1;;;/p-3. The second kappa shape index (κ2) is 19.9. The lowest BCUT2D eigenvalue weighted by Gasteiger charge is -1.96. The van der Waals surface area contributed by atoms with Crippen LogP contribution in [-0.2, 0) is 19.6 Å². The Morgan fingerprint density at radius 2 is 0.667 bits per heavy atom. The van der Waals surface area contributed by atoms with Crippen LogP contribution < -0.4 is 85.6 Å². The molecule has 0 saturated heterocycles. The highest BCUT2D eigenvalue weighted by molar-refractivity contribution is 5.10. The number of pyridine rings is 3. The Kier molecular flexibility index (Phi) is 22.4. The van der Waals surface area contributed by atoms with E-state index in [2.05, 4.69) is 131 Å². The second-order valence-corrected chi connectivity index (χ2v) is 7.89. The average molecular weight is 789 g/mol. The summed E-state index contributed by atoms with van der Waals surface area (Å²) >= 11 is 0. The van der Waals surface area contributed by atoms with Crippen molar-refractivity contribution >= 4 is 0 Å². The van der Waals surface area contributed by atoms with Gasteiger partial charge < -0.3 is 71.9 Å². The van der Waals surface area contributed by atoms with E-state index in [1.54, 1.807) is 0 Å². The van der Waals surface area contributed by atoms with Gasteiger partial charge in [0.1, 0.15) is 19.6 Å². The van der Waals surface area contributed by atoms with Crippen molar-refractivity contribution < 1.29 is 85.6 Å². The average Bonchev–Trinajstić information content (AvgIpc) is 2.69. The quantitative estimate of drug-likeness (QED) is 0.189. The Morgan fingerprint density at radius 3 is 0.818 bits per heavy atom. The zero-order chi connectivity index (χ0) is 22.7. The smallest absolute Gasteiger partial charge is 0.178 e. The van der Waals surface area contributed by atoms with E-state index in [1.807, 2.05) is 0 Å². The molecule has 3 aromatic heterocycles. The van der Waals surface area contributed by atoms with Gasteiger partial charge in [-0.1, -0.05) is 0 Å². The monoisotopic (exact) mass is 789 g/mol. The minimum Gasteiger partial charge on any atom is -1.00 e. The minimum atomic E-state index is 0. The van der Waals surface area contributed by atoms with E-state index in [-0.39, 0.29) is 71.9 Å². The van der Waals surface area contributed by atoms with Crippen LogP contribution in [0, 0.1) is 41.5 Å². The summed E-state index contributed by atoms with van der Waals surface area (Å²) in [5.74, 6) is 0. The molecule has 0 N–H and O–H groups in total. The zero-order valence-corrected chi connectivity index (χ0v) is 28.3. The summed E-state index contributed by atoms with van der Waals surface area (Å²) in [5.41, 5.74) is 8.01. The molecule has 0 amide bonds. The van der Waals surface area contributed by atoms with Gasteiger partial charge in [0.2, 0.25) is 0 Å². The molecule has 0 unspecified atom stereocenters. The third-order valence-electron chi connectivity index (χ3n) is 5.24. The van der Waals surface area contributed by atoms with Gasteiger partial charge in [-0.25, -0.2) is 13.7 Å². The topological polar surface area (TPSA) is 11.6 Å². The highest BCUT2D eigenvalue weighted by Crippen LogP contribution is 1.97. The molecule has 0 aromatic carbocycles. The molecule has 33 heavy (non-hydrogen) atoms. The maximum atomic E-state index is 2.23.